The molecule has 0 saturated carbocycles. The molecule has 0 aliphatic carbocycles. The van der Waals surface area contributed by atoms with Gasteiger partial charge in [0.05, 0.1) is 17.1 Å². The summed E-state index contributed by atoms with van der Waals surface area (Å²) >= 11 is 0. The van der Waals surface area contributed by atoms with Crippen LogP contribution in [-0.4, -0.2) is 0 Å². The van der Waals surface area contributed by atoms with Crippen molar-refractivity contribution in [2.45, 2.75) is 6.92 Å². The number of furan rings is 1. The molecule has 0 saturated heterocycles. The molecule has 0 aliphatic rings. The predicted octanol–water partition coefficient (Wildman–Crippen LogP) is 4.07. The minimum atomic E-state index is 0.728. The van der Waals surface area contributed by atoms with Gasteiger partial charge < -0.3 is 15.5 Å². The predicted molar refractivity (Wildman–Crippen MR) is 75.1 cm³/mol. The third kappa shape index (κ3) is 1.80. The summed E-state index contributed by atoms with van der Waals surface area (Å²) in [5.41, 5.74) is 10.6. The quantitative estimate of drug-likeness (QED) is 0.662. The summed E-state index contributed by atoms with van der Waals surface area (Å²) in [7, 11) is 0. The van der Waals surface area contributed by atoms with Gasteiger partial charge >= 0.3 is 0 Å². The minimum absolute atomic E-state index is 0.728. The first-order chi connectivity index (χ1) is 8.74. The normalized spacial score (nSPS) is 10.7. The number of anilines is 3. The van der Waals surface area contributed by atoms with Gasteiger partial charge in [-0.15, -0.1) is 0 Å². The van der Waals surface area contributed by atoms with E-state index in [1.54, 1.807) is 6.26 Å². The second-order valence-corrected chi connectivity index (χ2v) is 4.36. The molecular weight excluding hydrogens is 224 g/mol. The Morgan fingerprint density at radius 3 is 2.78 bits per heavy atom. The molecule has 0 aliphatic heterocycles. The second-order valence-electron chi connectivity index (χ2n) is 4.36. The molecule has 3 heteroatoms. The summed E-state index contributed by atoms with van der Waals surface area (Å²) < 4.78 is 5.49. The number of rotatable bonds is 2. The van der Waals surface area contributed by atoms with Crippen LogP contribution in [-0.2, 0) is 0 Å². The highest BCUT2D eigenvalue weighted by Crippen LogP contribution is 2.30. The molecule has 18 heavy (non-hydrogen) atoms. The average molecular weight is 238 g/mol. The summed E-state index contributed by atoms with van der Waals surface area (Å²) in [4.78, 5) is 0. The Morgan fingerprint density at radius 2 is 1.89 bits per heavy atom. The van der Waals surface area contributed by atoms with E-state index in [0.29, 0.717) is 0 Å². The van der Waals surface area contributed by atoms with E-state index in [-0.39, 0.29) is 0 Å². The van der Waals surface area contributed by atoms with E-state index in [9.17, 15) is 0 Å². The van der Waals surface area contributed by atoms with Crippen molar-refractivity contribution in [1.82, 2.24) is 0 Å². The monoisotopic (exact) mass is 238 g/mol. The van der Waals surface area contributed by atoms with Gasteiger partial charge in [-0.2, -0.15) is 0 Å². The summed E-state index contributed by atoms with van der Waals surface area (Å²) in [5, 5.41) is 4.37. The van der Waals surface area contributed by atoms with Gasteiger partial charge in [0.2, 0.25) is 0 Å². The van der Waals surface area contributed by atoms with Crippen molar-refractivity contribution in [3.05, 3.63) is 54.3 Å². The van der Waals surface area contributed by atoms with Crippen molar-refractivity contribution < 1.29 is 4.42 Å². The highest BCUT2D eigenvalue weighted by molar-refractivity contribution is 5.93. The largest absolute Gasteiger partial charge is 0.462 e. The zero-order valence-electron chi connectivity index (χ0n) is 10.1. The van der Waals surface area contributed by atoms with E-state index in [2.05, 4.69) is 5.32 Å². The van der Waals surface area contributed by atoms with E-state index >= 15 is 0 Å². The van der Waals surface area contributed by atoms with Crippen molar-refractivity contribution >= 4 is 28.0 Å². The number of fused-ring (bicyclic) bond motifs is 1. The van der Waals surface area contributed by atoms with Crippen LogP contribution in [0.25, 0.3) is 11.0 Å². The number of para-hydroxylation sites is 1. The van der Waals surface area contributed by atoms with Crippen molar-refractivity contribution in [3.63, 3.8) is 0 Å². The summed E-state index contributed by atoms with van der Waals surface area (Å²) in [5.74, 6) is 0. The van der Waals surface area contributed by atoms with Crippen LogP contribution in [0.5, 0.6) is 0 Å². The number of nitrogens with one attached hydrogen (secondary N) is 1. The Kier molecular flexibility index (Phi) is 2.45. The lowest BCUT2D eigenvalue weighted by Crippen LogP contribution is -1.96. The number of hydrogen-bond donors (Lipinski definition) is 2. The SMILES string of the molecule is Cc1ccc(N)c(Nc2coc3ccccc23)c1. The molecule has 1 heterocycles. The Bertz CT molecular complexity index is 701. The van der Waals surface area contributed by atoms with Crippen molar-refractivity contribution in [1.29, 1.82) is 0 Å². The number of hydrogen-bond acceptors (Lipinski definition) is 3. The lowest BCUT2D eigenvalue weighted by Gasteiger charge is -2.08. The number of nitrogen functional groups attached to an aromatic ring is 1. The molecule has 3 nitrogen and oxygen atoms in total. The van der Waals surface area contributed by atoms with Crippen LogP contribution in [0.4, 0.5) is 17.1 Å². The molecule has 0 spiro atoms. The molecule has 3 aromatic rings. The van der Waals surface area contributed by atoms with Gasteiger partial charge in [-0.25, -0.2) is 0 Å². The number of benzene rings is 2. The average Bonchev–Trinajstić information content (AvgIpc) is 2.78. The van der Waals surface area contributed by atoms with Gasteiger partial charge in [0.25, 0.3) is 0 Å². The Balaban J connectivity index is 2.04. The lowest BCUT2D eigenvalue weighted by atomic mass is 10.2. The smallest absolute Gasteiger partial charge is 0.136 e. The highest BCUT2D eigenvalue weighted by Gasteiger charge is 2.06. The van der Waals surface area contributed by atoms with E-state index in [1.165, 1.54) is 5.56 Å². The fourth-order valence-corrected chi connectivity index (χ4v) is 2.00. The van der Waals surface area contributed by atoms with Crippen molar-refractivity contribution in [2.75, 3.05) is 11.1 Å². The van der Waals surface area contributed by atoms with Crippen molar-refractivity contribution in [2.24, 2.45) is 0 Å². The summed E-state index contributed by atoms with van der Waals surface area (Å²) in [6, 6.07) is 13.8. The summed E-state index contributed by atoms with van der Waals surface area (Å²) in [6.07, 6.45) is 1.71. The topological polar surface area (TPSA) is 51.2 Å². The van der Waals surface area contributed by atoms with Gasteiger partial charge in [-0.05, 0) is 36.8 Å². The second kappa shape index (κ2) is 4.11. The zero-order chi connectivity index (χ0) is 12.5. The maximum absolute atomic E-state index is 5.96. The molecule has 3 rings (SSSR count). The molecular formula is C15H14N2O. The molecule has 0 atom stereocenters. The van der Waals surface area contributed by atoms with Gasteiger partial charge in [0.1, 0.15) is 11.8 Å². The first-order valence-electron chi connectivity index (χ1n) is 5.83. The van der Waals surface area contributed by atoms with E-state index in [1.807, 2.05) is 49.4 Å². The molecule has 2 aromatic carbocycles. The van der Waals surface area contributed by atoms with Gasteiger partial charge in [-0.1, -0.05) is 18.2 Å². The standard InChI is InChI=1S/C15H14N2O/c1-10-6-7-12(16)13(8-10)17-14-9-18-15-5-3-2-4-11(14)15/h2-9,17H,16H2,1H3. The van der Waals surface area contributed by atoms with Crippen LogP contribution in [0.1, 0.15) is 5.56 Å². The van der Waals surface area contributed by atoms with Gasteiger partial charge in [0.15, 0.2) is 0 Å². The van der Waals surface area contributed by atoms with Crippen LogP contribution in [0.2, 0.25) is 0 Å². The van der Waals surface area contributed by atoms with Crippen LogP contribution >= 0.6 is 0 Å². The van der Waals surface area contributed by atoms with Crippen LogP contribution in [0, 0.1) is 6.92 Å². The third-order valence-electron chi connectivity index (χ3n) is 2.96. The van der Waals surface area contributed by atoms with Crippen LogP contribution < -0.4 is 11.1 Å². The van der Waals surface area contributed by atoms with E-state index in [0.717, 1.165) is 28.0 Å². The minimum Gasteiger partial charge on any atom is -0.462 e. The van der Waals surface area contributed by atoms with Crippen LogP contribution in [0.15, 0.2) is 53.1 Å². The van der Waals surface area contributed by atoms with Crippen LogP contribution in [0.3, 0.4) is 0 Å². The Morgan fingerprint density at radius 1 is 1.06 bits per heavy atom. The first-order valence-corrected chi connectivity index (χ1v) is 5.83. The molecule has 3 N–H and O–H groups in total. The molecule has 0 unspecified atom stereocenters. The highest BCUT2D eigenvalue weighted by atomic mass is 16.3. The fourth-order valence-electron chi connectivity index (χ4n) is 2.00. The Hall–Kier alpha value is -2.42. The summed E-state index contributed by atoms with van der Waals surface area (Å²) in [6.45, 7) is 2.04. The number of nitrogens with two attached hydrogens (primary N) is 1. The lowest BCUT2D eigenvalue weighted by molar-refractivity contribution is 0.617. The maximum Gasteiger partial charge on any atom is 0.136 e. The Labute approximate surface area is 105 Å². The molecule has 0 fully saturated rings. The third-order valence-corrected chi connectivity index (χ3v) is 2.96. The maximum atomic E-state index is 5.96. The molecule has 1 aromatic heterocycles. The molecule has 0 amide bonds. The van der Waals surface area contributed by atoms with E-state index < -0.39 is 0 Å². The van der Waals surface area contributed by atoms with E-state index in [4.69, 9.17) is 10.2 Å². The molecule has 0 bridgehead atoms. The molecule has 90 valence electrons. The van der Waals surface area contributed by atoms with Gasteiger partial charge in [-0.3, -0.25) is 0 Å². The zero-order valence-corrected chi connectivity index (χ0v) is 10.1. The molecule has 0 radical (unpaired) electrons. The fraction of sp³-hybridized carbons (Fsp3) is 0.0667. The van der Waals surface area contributed by atoms with Gasteiger partial charge in [0, 0.05) is 5.39 Å². The number of aryl methyl sites for hydroxylation is 1. The first kappa shape index (κ1) is 10.7. The van der Waals surface area contributed by atoms with Crippen molar-refractivity contribution in [3.8, 4) is 0 Å².